The third-order valence-electron chi connectivity index (χ3n) is 3.37. The van der Waals surface area contributed by atoms with Crippen LogP contribution in [0.25, 0.3) is 0 Å². The SMILES string of the molecule is CCC(C)[C@H](N)c1nnc(SCc2c(Cl)cccc2Cl)o1. The molecule has 2 atom stereocenters. The van der Waals surface area contributed by atoms with Crippen LogP contribution >= 0.6 is 35.0 Å². The Hall–Kier alpha value is -0.750. The van der Waals surface area contributed by atoms with Gasteiger partial charge in [0, 0.05) is 15.8 Å². The van der Waals surface area contributed by atoms with E-state index in [2.05, 4.69) is 24.0 Å². The highest BCUT2D eigenvalue weighted by Gasteiger charge is 2.20. The fourth-order valence-corrected chi connectivity index (χ4v) is 3.23. The van der Waals surface area contributed by atoms with Gasteiger partial charge in [-0.25, -0.2) is 0 Å². The van der Waals surface area contributed by atoms with Gasteiger partial charge in [-0.2, -0.15) is 0 Å². The molecule has 2 N–H and O–H groups in total. The Morgan fingerprint density at radius 2 is 1.95 bits per heavy atom. The molecule has 2 aromatic rings. The largest absolute Gasteiger partial charge is 0.414 e. The van der Waals surface area contributed by atoms with Gasteiger partial charge in [0.15, 0.2) is 0 Å². The number of nitrogens with zero attached hydrogens (tertiary/aromatic N) is 2. The van der Waals surface area contributed by atoms with Gasteiger partial charge in [-0.1, -0.05) is 61.3 Å². The summed E-state index contributed by atoms with van der Waals surface area (Å²) in [6.45, 7) is 4.14. The van der Waals surface area contributed by atoms with Gasteiger partial charge in [0.2, 0.25) is 5.89 Å². The molecular formula is C14H17Cl2N3OS. The monoisotopic (exact) mass is 345 g/mol. The average molecular weight is 346 g/mol. The second-order valence-corrected chi connectivity index (χ2v) is 6.55. The fraction of sp³-hybridized carbons (Fsp3) is 0.429. The summed E-state index contributed by atoms with van der Waals surface area (Å²) in [6.07, 6.45) is 0.960. The van der Waals surface area contributed by atoms with Gasteiger partial charge in [-0.05, 0) is 23.6 Å². The minimum Gasteiger partial charge on any atom is -0.414 e. The first-order chi connectivity index (χ1) is 10.0. The van der Waals surface area contributed by atoms with Crippen molar-refractivity contribution in [2.75, 3.05) is 0 Å². The first-order valence-electron chi connectivity index (χ1n) is 6.67. The van der Waals surface area contributed by atoms with Crippen molar-refractivity contribution in [3.63, 3.8) is 0 Å². The Kier molecular flexibility index (Phi) is 5.93. The molecule has 0 radical (unpaired) electrons. The van der Waals surface area contributed by atoms with Crippen molar-refractivity contribution in [1.82, 2.24) is 10.2 Å². The molecule has 1 heterocycles. The summed E-state index contributed by atoms with van der Waals surface area (Å²) in [5.41, 5.74) is 6.93. The lowest BCUT2D eigenvalue weighted by molar-refractivity contribution is 0.333. The van der Waals surface area contributed by atoms with Gasteiger partial charge in [0.05, 0.1) is 6.04 Å². The first kappa shape index (κ1) is 16.6. The lowest BCUT2D eigenvalue weighted by Crippen LogP contribution is -2.18. The van der Waals surface area contributed by atoms with E-state index in [9.17, 15) is 0 Å². The summed E-state index contributed by atoms with van der Waals surface area (Å²) in [6, 6.07) is 5.19. The highest BCUT2D eigenvalue weighted by Crippen LogP contribution is 2.31. The van der Waals surface area contributed by atoms with Gasteiger partial charge in [-0.15, -0.1) is 10.2 Å². The van der Waals surface area contributed by atoms with Gasteiger partial charge < -0.3 is 10.2 Å². The number of aromatic nitrogens is 2. The Balaban J connectivity index is 2.03. The molecule has 0 aliphatic carbocycles. The van der Waals surface area contributed by atoms with E-state index < -0.39 is 0 Å². The van der Waals surface area contributed by atoms with E-state index in [0.717, 1.165) is 12.0 Å². The number of rotatable bonds is 6. The lowest BCUT2D eigenvalue weighted by atomic mass is 10.0. The van der Waals surface area contributed by atoms with Crippen LogP contribution in [-0.4, -0.2) is 10.2 Å². The molecule has 2 rings (SSSR count). The molecule has 0 amide bonds. The molecule has 0 saturated heterocycles. The maximum Gasteiger partial charge on any atom is 0.276 e. The number of hydrogen-bond donors (Lipinski definition) is 1. The van der Waals surface area contributed by atoms with Crippen molar-refractivity contribution in [2.45, 2.75) is 37.3 Å². The van der Waals surface area contributed by atoms with Crippen LogP contribution in [0, 0.1) is 5.92 Å². The Bertz CT molecular complexity index is 585. The van der Waals surface area contributed by atoms with E-state index >= 15 is 0 Å². The summed E-state index contributed by atoms with van der Waals surface area (Å²) < 4.78 is 5.60. The van der Waals surface area contributed by atoms with Crippen LogP contribution in [0.2, 0.25) is 10.0 Å². The third kappa shape index (κ3) is 4.13. The molecule has 7 heteroatoms. The quantitative estimate of drug-likeness (QED) is 0.767. The Labute approximate surface area is 138 Å². The molecule has 4 nitrogen and oxygen atoms in total. The summed E-state index contributed by atoms with van der Waals surface area (Å²) in [7, 11) is 0. The van der Waals surface area contributed by atoms with E-state index in [0.29, 0.717) is 32.8 Å². The second kappa shape index (κ2) is 7.49. The van der Waals surface area contributed by atoms with Crippen LogP contribution in [0.5, 0.6) is 0 Å². The number of nitrogens with two attached hydrogens (primary N) is 1. The topological polar surface area (TPSA) is 64.9 Å². The van der Waals surface area contributed by atoms with Crippen molar-refractivity contribution >= 4 is 35.0 Å². The number of hydrogen-bond acceptors (Lipinski definition) is 5. The van der Waals surface area contributed by atoms with Crippen LogP contribution in [0.15, 0.2) is 27.8 Å². The molecule has 0 spiro atoms. The highest BCUT2D eigenvalue weighted by molar-refractivity contribution is 7.98. The Morgan fingerprint density at radius 3 is 2.57 bits per heavy atom. The van der Waals surface area contributed by atoms with Gasteiger partial charge >= 0.3 is 0 Å². The second-order valence-electron chi connectivity index (χ2n) is 4.81. The van der Waals surface area contributed by atoms with Crippen LogP contribution in [0.1, 0.15) is 37.8 Å². The molecule has 0 fully saturated rings. The minimum atomic E-state index is -0.235. The van der Waals surface area contributed by atoms with Crippen LogP contribution < -0.4 is 5.73 Å². The zero-order valence-corrected chi connectivity index (χ0v) is 14.2. The zero-order chi connectivity index (χ0) is 15.4. The summed E-state index contributed by atoms with van der Waals surface area (Å²) >= 11 is 13.6. The van der Waals surface area contributed by atoms with Crippen LogP contribution in [-0.2, 0) is 5.75 Å². The molecule has 0 bridgehead atoms. The van der Waals surface area contributed by atoms with Gasteiger partial charge in [0.1, 0.15) is 0 Å². The van der Waals surface area contributed by atoms with E-state index in [4.69, 9.17) is 33.4 Å². The van der Waals surface area contributed by atoms with E-state index in [1.165, 1.54) is 11.8 Å². The molecule has 0 aliphatic heterocycles. The average Bonchev–Trinajstić information content (AvgIpc) is 2.94. The molecule has 0 aliphatic rings. The zero-order valence-electron chi connectivity index (χ0n) is 11.8. The molecule has 1 unspecified atom stereocenters. The fourth-order valence-electron chi connectivity index (χ4n) is 1.71. The number of benzene rings is 1. The molecule has 1 aromatic carbocycles. The standard InChI is InChI=1S/C14H17Cl2N3OS/c1-3-8(2)12(17)13-18-19-14(20-13)21-7-9-10(15)5-4-6-11(9)16/h4-6,8,12H,3,7,17H2,1-2H3/t8?,12-/m0/s1. The van der Waals surface area contributed by atoms with Gasteiger partial charge in [0.25, 0.3) is 5.22 Å². The van der Waals surface area contributed by atoms with E-state index in [1.54, 1.807) is 12.1 Å². The smallest absolute Gasteiger partial charge is 0.276 e. The molecule has 21 heavy (non-hydrogen) atoms. The first-order valence-corrected chi connectivity index (χ1v) is 8.41. The maximum absolute atomic E-state index is 6.13. The minimum absolute atomic E-state index is 0.235. The summed E-state index contributed by atoms with van der Waals surface area (Å²) in [4.78, 5) is 0. The molecule has 0 saturated carbocycles. The van der Waals surface area contributed by atoms with Crippen molar-refractivity contribution in [3.8, 4) is 0 Å². The van der Waals surface area contributed by atoms with E-state index in [-0.39, 0.29) is 6.04 Å². The van der Waals surface area contributed by atoms with Gasteiger partial charge in [-0.3, -0.25) is 0 Å². The highest BCUT2D eigenvalue weighted by atomic mass is 35.5. The summed E-state index contributed by atoms with van der Waals surface area (Å²) in [5.74, 6) is 1.33. The van der Waals surface area contributed by atoms with Crippen molar-refractivity contribution < 1.29 is 4.42 Å². The van der Waals surface area contributed by atoms with Crippen molar-refractivity contribution in [1.29, 1.82) is 0 Å². The molecular weight excluding hydrogens is 329 g/mol. The maximum atomic E-state index is 6.13. The number of thioether (sulfide) groups is 1. The number of halogens is 2. The predicted molar refractivity (Wildman–Crippen MR) is 86.7 cm³/mol. The predicted octanol–water partition coefficient (Wildman–Crippen LogP) is 4.71. The van der Waals surface area contributed by atoms with Crippen LogP contribution in [0.3, 0.4) is 0 Å². The lowest BCUT2D eigenvalue weighted by Gasteiger charge is -2.13. The molecule has 114 valence electrons. The Morgan fingerprint density at radius 1 is 1.29 bits per heavy atom. The van der Waals surface area contributed by atoms with Crippen molar-refractivity contribution in [3.05, 3.63) is 39.7 Å². The van der Waals surface area contributed by atoms with Crippen LogP contribution in [0.4, 0.5) is 0 Å². The van der Waals surface area contributed by atoms with Crippen molar-refractivity contribution in [2.24, 2.45) is 11.7 Å². The van der Waals surface area contributed by atoms with E-state index in [1.807, 2.05) is 6.07 Å². The summed E-state index contributed by atoms with van der Waals surface area (Å²) in [5, 5.41) is 9.76. The molecule has 1 aromatic heterocycles. The normalized spacial score (nSPS) is 14.1. The third-order valence-corrected chi connectivity index (χ3v) is 4.92.